The summed E-state index contributed by atoms with van der Waals surface area (Å²) in [6.07, 6.45) is 0. The number of hydrogen-bond donors (Lipinski definition) is 3. The fourth-order valence-electron chi connectivity index (χ4n) is 0.874. The molecule has 0 saturated heterocycles. The summed E-state index contributed by atoms with van der Waals surface area (Å²) in [6, 6.07) is 4.22. The number of carbonyl (C=O) groups is 1. The van der Waals surface area contributed by atoms with Gasteiger partial charge in [-0.05, 0) is 24.4 Å². The van der Waals surface area contributed by atoms with Gasteiger partial charge in [0.15, 0.2) is 5.11 Å². The molecule has 0 fully saturated rings. The molecule has 0 atom stereocenters. The van der Waals surface area contributed by atoms with E-state index in [0.29, 0.717) is 15.7 Å². The van der Waals surface area contributed by atoms with Crippen molar-refractivity contribution in [3.63, 3.8) is 0 Å². The van der Waals surface area contributed by atoms with Crippen LogP contribution in [0.1, 0.15) is 0 Å². The van der Waals surface area contributed by atoms with E-state index in [4.69, 9.17) is 41.2 Å². The Labute approximate surface area is 102 Å². The number of thiocarbonyl (C=S) groups is 1. The fourth-order valence-corrected chi connectivity index (χ4v) is 1.57. The summed E-state index contributed by atoms with van der Waals surface area (Å²) >= 11 is 16.5. The number of nitrogens with two attached hydrogens (primary N) is 1. The molecule has 0 aromatic heterocycles. The number of primary amides is 1. The summed E-state index contributed by atoms with van der Waals surface area (Å²) < 4.78 is 0. The van der Waals surface area contributed by atoms with Gasteiger partial charge in [0.2, 0.25) is 0 Å². The van der Waals surface area contributed by atoms with Crippen molar-refractivity contribution in [2.45, 2.75) is 0 Å². The molecule has 0 spiro atoms. The molecule has 2 amide bonds. The molecule has 0 aliphatic carbocycles. The highest BCUT2D eigenvalue weighted by molar-refractivity contribution is 7.80. The Hall–Kier alpha value is -1.04. The number of carbonyl (C=O) groups excluding carboxylic acids is 1. The predicted molar refractivity (Wildman–Crippen MR) is 65.4 cm³/mol. The molecule has 0 radical (unpaired) electrons. The van der Waals surface area contributed by atoms with E-state index >= 15 is 0 Å². The number of anilines is 1. The van der Waals surface area contributed by atoms with Gasteiger partial charge in [-0.1, -0.05) is 29.3 Å². The summed E-state index contributed by atoms with van der Waals surface area (Å²) in [5.41, 5.74) is 5.31. The number of rotatable bonds is 1. The minimum atomic E-state index is -0.754. The highest BCUT2D eigenvalue weighted by Gasteiger charge is 2.07. The summed E-state index contributed by atoms with van der Waals surface area (Å²) in [5, 5.41) is 5.69. The normalized spacial score (nSPS) is 9.47. The Balaban J connectivity index is 2.80. The number of benzene rings is 1. The molecule has 80 valence electrons. The van der Waals surface area contributed by atoms with Crippen LogP contribution in [0.5, 0.6) is 0 Å². The third kappa shape index (κ3) is 3.54. The van der Waals surface area contributed by atoms with E-state index in [0.717, 1.165) is 0 Å². The van der Waals surface area contributed by atoms with Crippen molar-refractivity contribution < 1.29 is 4.79 Å². The van der Waals surface area contributed by atoms with E-state index in [1.807, 2.05) is 0 Å². The van der Waals surface area contributed by atoms with Crippen LogP contribution in [0.2, 0.25) is 10.0 Å². The minimum Gasteiger partial charge on any atom is -0.351 e. The van der Waals surface area contributed by atoms with E-state index in [2.05, 4.69) is 10.6 Å². The summed E-state index contributed by atoms with van der Waals surface area (Å²) in [6.45, 7) is 0. The van der Waals surface area contributed by atoms with Crippen LogP contribution in [0.25, 0.3) is 0 Å². The lowest BCUT2D eigenvalue weighted by molar-refractivity contribution is 0.253. The zero-order valence-corrected chi connectivity index (χ0v) is 9.71. The second-order valence-corrected chi connectivity index (χ2v) is 3.76. The first-order chi connectivity index (χ1) is 7.00. The maximum atomic E-state index is 10.5. The smallest absolute Gasteiger partial charge is 0.318 e. The highest BCUT2D eigenvalue weighted by atomic mass is 35.5. The van der Waals surface area contributed by atoms with Crippen LogP contribution in [0.3, 0.4) is 0 Å². The van der Waals surface area contributed by atoms with Crippen LogP contribution in [-0.4, -0.2) is 11.1 Å². The van der Waals surface area contributed by atoms with Crippen LogP contribution in [-0.2, 0) is 0 Å². The zero-order valence-electron chi connectivity index (χ0n) is 7.38. The lowest BCUT2D eigenvalue weighted by atomic mass is 10.3. The fraction of sp³-hybridized carbons (Fsp3) is 0. The Kier molecular flexibility index (Phi) is 4.14. The van der Waals surface area contributed by atoms with Gasteiger partial charge in [-0.25, -0.2) is 4.79 Å². The molecule has 1 rings (SSSR count). The van der Waals surface area contributed by atoms with Crippen LogP contribution in [0, 0.1) is 0 Å². The molecule has 15 heavy (non-hydrogen) atoms. The van der Waals surface area contributed by atoms with Crippen LogP contribution in [0.15, 0.2) is 18.2 Å². The lowest BCUT2D eigenvalue weighted by Gasteiger charge is -2.10. The molecule has 1 aromatic rings. The van der Waals surface area contributed by atoms with Crippen molar-refractivity contribution >= 4 is 52.3 Å². The summed E-state index contributed by atoms with van der Waals surface area (Å²) in [7, 11) is 0. The molecule has 0 saturated carbocycles. The predicted octanol–water partition coefficient (Wildman–Crippen LogP) is 2.36. The van der Waals surface area contributed by atoms with Crippen molar-refractivity contribution in [1.29, 1.82) is 0 Å². The average molecular weight is 264 g/mol. The first kappa shape index (κ1) is 12.0. The van der Waals surface area contributed by atoms with Crippen molar-refractivity contribution in [3.8, 4) is 0 Å². The molecule has 0 aliphatic heterocycles. The first-order valence-electron chi connectivity index (χ1n) is 3.82. The molecular weight excluding hydrogens is 257 g/mol. The molecule has 0 aliphatic rings. The van der Waals surface area contributed by atoms with E-state index in [1.54, 1.807) is 18.2 Å². The number of amides is 2. The van der Waals surface area contributed by atoms with Crippen molar-refractivity contribution in [3.05, 3.63) is 28.2 Å². The van der Waals surface area contributed by atoms with Crippen LogP contribution in [0.4, 0.5) is 10.5 Å². The van der Waals surface area contributed by atoms with Crippen molar-refractivity contribution in [2.24, 2.45) is 5.73 Å². The summed E-state index contributed by atoms with van der Waals surface area (Å²) in [5.74, 6) is 0. The van der Waals surface area contributed by atoms with Crippen molar-refractivity contribution in [2.75, 3.05) is 5.32 Å². The number of halogens is 2. The van der Waals surface area contributed by atoms with E-state index in [-0.39, 0.29) is 5.11 Å². The lowest BCUT2D eigenvalue weighted by Crippen LogP contribution is -2.37. The summed E-state index contributed by atoms with van der Waals surface area (Å²) in [4.78, 5) is 10.5. The molecule has 1 aromatic carbocycles. The Morgan fingerprint density at radius 2 is 1.87 bits per heavy atom. The van der Waals surface area contributed by atoms with Gasteiger partial charge in [0, 0.05) is 0 Å². The number of hydrogen-bond acceptors (Lipinski definition) is 2. The van der Waals surface area contributed by atoms with Gasteiger partial charge in [-0.2, -0.15) is 0 Å². The van der Waals surface area contributed by atoms with Crippen LogP contribution >= 0.6 is 35.4 Å². The zero-order chi connectivity index (χ0) is 11.4. The van der Waals surface area contributed by atoms with E-state index in [1.165, 1.54) is 0 Å². The number of nitrogens with one attached hydrogen (secondary N) is 2. The second-order valence-electron chi connectivity index (χ2n) is 2.54. The van der Waals surface area contributed by atoms with E-state index in [9.17, 15) is 4.79 Å². The Morgan fingerprint density at radius 1 is 1.33 bits per heavy atom. The number of para-hydroxylation sites is 1. The van der Waals surface area contributed by atoms with Gasteiger partial charge in [0.05, 0.1) is 15.7 Å². The molecular formula is C8H7Cl2N3OS. The first-order valence-corrected chi connectivity index (χ1v) is 4.98. The topological polar surface area (TPSA) is 67.2 Å². The van der Waals surface area contributed by atoms with Gasteiger partial charge >= 0.3 is 6.03 Å². The SMILES string of the molecule is NC(=O)NC(=S)Nc1c(Cl)cccc1Cl. The third-order valence-corrected chi connectivity index (χ3v) is 2.27. The third-order valence-electron chi connectivity index (χ3n) is 1.44. The highest BCUT2D eigenvalue weighted by Crippen LogP contribution is 2.29. The largest absolute Gasteiger partial charge is 0.351 e. The standard InChI is InChI=1S/C8H7Cl2N3OS/c9-4-2-1-3-5(10)6(4)12-8(15)13-7(11)14/h1-3H,(H4,11,12,13,14,15). The second kappa shape index (κ2) is 5.16. The van der Waals surface area contributed by atoms with Gasteiger partial charge in [-0.3, -0.25) is 5.32 Å². The molecule has 0 unspecified atom stereocenters. The maximum absolute atomic E-state index is 10.5. The van der Waals surface area contributed by atoms with Gasteiger partial charge in [0.25, 0.3) is 0 Å². The van der Waals surface area contributed by atoms with Gasteiger partial charge in [0.1, 0.15) is 0 Å². The molecule has 4 N–H and O–H groups in total. The van der Waals surface area contributed by atoms with E-state index < -0.39 is 6.03 Å². The Morgan fingerprint density at radius 3 is 2.33 bits per heavy atom. The van der Waals surface area contributed by atoms with Gasteiger partial charge < -0.3 is 11.1 Å². The van der Waals surface area contributed by atoms with Gasteiger partial charge in [-0.15, -0.1) is 0 Å². The monoisotopic (exact) mass is 263 g/mol. The number of urea groups is 1. The maximum Gasteiger partial charge on any atom is 0.318 e. The molecule has 0 bridgehead atoms. The quantitative estimate of drug-likeness (QED) is 0.682. The molecule has 4 nitrogen and oxygen atoms in total. The minimum absolute atomic E-state index is 0.0394. The Bertz CT molecular complexity index is 391. The van der Waals surface area contributed by atoms with Crippen LogP contribution < -0.4 is 16.4 Å². The average Bonchev–Trinajstić information content (AvgIpc) is 2.10. The molecule has 7 heteroatoms. The molecule has 0 heterocycles. The van der Waals surface area contributed by atoms with Crippen molar-refractivity contribution in [1.82, 2.24) is 5.32 Å².